The number of nitrogens with zero attached hydrogens (tertiary/aromatic N) is 7. The van der Waals surface area contributed by atoms with Crippen molar-refractivity contribution in [2.24, 2.45) is 34.2 Å². The monoisotopic (exact) mass is 735 g/mol. The van der Waals surface area contributed by atoms with Gasteiger partial charge in [-0.3, -0.25) is 9.35 Å². The van der Waals surface area contributed by atoms with Crippen molar-refractivity contribution < 1.29 is 37.9 Å². The molecule has 4 aromatic rings. The van der Waals surface area contributed by atoms with Gasteiger partial charge < -0.3 is 15.3 Å². The number of aromatic hydroxyl groups is 2. The van der Waals surface area contributed by atoms with E-state index >= 15 is 0 Å². The zero-order valence-corrected chi connectivity index (χ0v) is 28.2. The molecule has 262 valence electrons. The number of phenols is 2. The van der Waals surface area contributed by atoms with Gasteiger partial charge in [-0.05, 0) is 91.6 Å². The van der Waals surface area contributed by atoms with Crippen molar-refractivity contribution in [3.63, 3.8) is 0 Å². The third-order valence-corrected chi connectivity index (χ3v) is 9.54. The van der Waals surface area contributed by atoms with Crippen LogP contribution in [0.4, 0.5) is 22.7 Å². The van der Waals surface area contributed by atoms with Crippen molar-refractivity contribution in [3.8, 4) is 11.5 Å². The van der Waals surface area contributed by atoms with Gasteiger partial charge in [-0.1, -0.05) is 24.3 Å². The van der Waals surface area contributed by atoms with Crippen molar-refractivity contribution in [3.05, 3.63) is 109 Å². The Morgan fingerprint density at radius 3 is 1.47 bits per heavy atom. The average molecular weight is 736 g/mol. The maximum Gasteiger partial charge on any atom is 0.339 e. The van der Waals surface area contributed by atoms with Gasteiger partial charge in [0.1, 0.15) is 22.0 Å². The van der Waals surface area contributed by atoms with Crippen LogP contribution >= 0.6 is 10.6 Å². The van der Waals surface area contributed by atoms with Gasteiger partial charge in [-0.25, -0.2) is 4.79 Å². The van der Waals surface area contributed by atoms with Crippen molar-refractivity contribution in [2.45, 2.75) is 30.6 Å². The van der Waals surface area contributed by atoms with E-state index in [-0.39, 0.29) is 55.6 Å². The summed E-state index contributed by atoms with van der Waals surface area (Å²) in [6.45, 7) is 4.24. The molecule has 0 aliphatic heterocycles. The van der Waals surface area contributed by atoms with Gasteiger partial charge in [0.25, 0.3) is 10.1 Å². The number of nitroso groups, excluding NO2 is 3. The first-order valence-electron chi connectivity index (χ1n) is 14.1. The summed E-state index contributed by atoms with van der Waals surface area (Å²) in [6.07, 6.45) is 2.36. The molecule has 0 saturated carbocycles. The number of aromatic carboxylic acids is 1. The number of hydrogen-bond acceptors (Lipinski definition) is 16. The van der Waals surface area contributed by atoms with E-state index in [0.29, 0.717) is 5.56 Å². The third kappa shape index (κ3) is 8.26. The first kappa shape index (κ1) is 37.4. The normalized spacial score (nSPS) is 12.4. The van der Waals surface area contributed by atoms with Crippen LogP contribution in [0.25, 0.3) is 12.2 Å². The van der Waals surface area contributed by atoms with E-state index in [2.05, 4.69) is 34.2 Å². The highest BCUT2D eigenvalue weighted by atomic mass is 32.3. The van der Waals surface area contributed by atoms with E-state index in [0.717, 1.165) is 18.2 Å². The van der Waals surface area contributed by atoms with Crippen LogP contribution in [0.2, 0.25) is 0 Å². The number of carbonyl (C=O) groups excluding carboxylic acids is 1. The molecule has 20 heteroatoms. The van der Waals surface area contributed by atoms with Crippen LogP contribution in [-0.2, 0) is 10.1 Å². The van der Waals surface area contributed by atoms with Crippen molar-refractivity contribution in [2.75, 3.05) is 0 Å². The topological polar surface area (TPSA) is 287 Å². The van der Waals surface area contributed by atoms with Crippen molar-refractivity contribution in [1.82, 2.24) is 0 Å². The number of rotatable bonds is 13. The third-order valence-electron chi connectivity index (χ3n) is 7.06. The second-order valence-electron chi connectivity index (χ2n) is 10.6. The summed E-state index contributed by atoms with van der Waals surface area (Å²) >= 11 is 0. The van der Waals surface area contributed by atoms with Gasteiger partial charge in [0, 0.05) is 13.7 Å². The molecule has 4 aromatic carbocycles. The molecule has 18 nitrogen and oxygen atoms in total. The predicted molar refractivity (Wildman–Crippen MR) is 186 cm³/mol. The van der Waals surface area contributed by atoms with Crippen LogP contribution in [0, 0.1) is 28.6 Å². The Morgan fingerprint density at radius 2 is 1.04 bits per heavy atom. The molecule has 0 spiro atoms. The summed E-state index contributed by atoms with van der Waals surface area (Å²) in [7, 11) is -9.03. The Morgan fingerprint density at radius 1 is 0.627 bits per heavy atom. The van der Waals surface area contributed by atoms with Crippen LogP contribution in [0.1, 0.15) is 49.9 Å². The van der Waals surface area contributed by atoms with Gasteiger partial charge in [0.05, 0.1) is 33.2 Å². The minimum atomic E-state index is -4.91. The molecule has 0 radical (unpaired) electrons. The molecule has 0 heterocycles. The van der Waals surface area contributed by atoms with E-state index in [4.69, 9.17) is 0 Å². The Kier molecular flexibility index (Phi) is 11.0. The number of carboxylic acid groups (broad SMARTS) is 1. The number of carbonyl (C=O) groups is 2. The second kappa shape index (κ2) is 15.0. The summed E-state index contributed by atoms with van der Waals surface area (Å²) in [6, 6.07) is 12.3. The maximum atomic E-state index is 12.3. The number of ketones is 1. The molecule has 4 rings (SSSR count). The van der Waals surface area contributed by atoms with E-state index in [1.807, 2.05) is 0 Å². The molecule has 0 unspecified atom stereocenters. The minimum Gasteiger partial charge on any atom is -0.507 e. The molecule has 0 amide bonds. The smallest absolute Gasteiger partial charge is 0.339 e. The van der Waals surface area contributed by atoms with Gasteiger partial charge >= 0.3 is 5.97 Å². The highest BCUT2D eigenvalue weighted by Gasteiger charge is 2.34. The van der Waals surface area contributed by atoms with E-state index in [1.54, 1.807) is 6.92 Å². The minimum absolute atomic E-state index is 0.00355. The first-order valence-corrected chi connectivity index (χ1v) is 17.0. The summed E-state index contributed by atoms with van der Waals surface area (Å²) in [5.41, 5.74) is 0.0269. The number of carboxylic acids is 1. The lowest BCUT2D eigenvalue weighted by Crippen LogP contribution is -2.00. The quantitative estimate of drug-likeness (QED) is 0.0330. The Balaban J connectivity index is 1.76. The van der Waals surface area contributed by atoms with E-state index in [1.165, 1.54) is 68.5 Å². The van der Waals surface area contributed by atoms with Crippen LogP contribution in [-0.4, -0.2) is 40.0 Å². The number of azo groups is 2. The zero-order valence-electron chi connectivity index (χ0n) is 26.5. The fourth-order valence-electron chi connectivity index (χ4n) is 4.55. The Bertz CT molecular complexity index is 2300. The molecular formula is C31H25N7O11S2. The molecule has 0 aromatic heterocycles. The molecule has 0 bridgehead atoms. The number of aryl methyl sites for hydroxylation is 2. The number of phenolic OH excluding ortho intramolecular Hbond substituents is 1. The van der Waals surface area contributed by atoms with Crippen LogP contribution in [0.5, 0.6) is 11.5 Å². The Hall–Kier alpha value is -6.38. The van der Waals surface area contributed by atoms with Gasteiger partial charge in [-0.2, -0.15) is 28.9 Å². The molecule has 4 N–H and O–H groups in total. The number of hydrogen-bond donors (Lipinski definition) is 4. The lowest BCUT2D eigenvalue weighted by molar-refractivity contribution is 0.0693. The highest BCUT2D eigenvalue weighted by molar-refractivity contribution is 8.30. The molecule has 0 aliphatic rings. The lowest BCUT2D eigenvalue weighted by atomic mass is 10.1. The summed E-state index contributed by atoms with van der Waals surface area (Å²) in [5, 5.41) is 45.2. The maximum absolute atomic E-state index is 12.3. The summed E-state index contributed by atoms with van der Waals surface area (Å²) in [5.74, 6) is -2.53. The van der Waals surface area contributed by atoms with Crippen LogP contribution < -0.4 is 0 Å². The molecule has 51 heavy (non-hydrogen) atoms. The van der Waals surface area contributed by atoms with Crippen molar-refractivity contribution in [1.29, 1.82) is 0 Å². The average Bonchev–Trinajstić information content (AvgIpc) is 3.09. The largest absolute Gasteiger partial charge is 0.507 e. The fourth-order valence-corrected chi connectivity index (χ4v) is 6.30. The summed E-state index contributed by atoms with van der Waals surface area (Å²) in [4.78, 5) is 57.5. The number of benzene rings is 4. The Labute approximate surface area is 289 Å². The first-order chi connectivity index (χ1) is 24.0. The van der Waals surface area contributed by atoms with Gasteiger partial charge in [0.15, 0.2) is 16.4 Å². The van der Waals surface area contributed by atoms with Gasteiger partial charge in [0.2, 0.25) is 0 Å². The molecular weight excluding hydrogens is 711 g/mol. The zero-order chi connectivity index (χ0) is 37.7. The summed E-state index contributed by atoms with van der Waals surface area (Å²) < 4.78 is 42.4. The standard InChI is InChI=1S/C31H25N7O11S2/c1-16-10-23(12-25(18(3)39)29(16)40)34-32-21-8-6-19(27(14-21)50(36-44,37-45)38-46)4-5-20-7-9-22(15-28(20)51(47,48)49)33-35-24-11-17(2)30(41)26(13-24)31(42)43/h4-15,40-41H,1-3H3,(H,42,43)(H,47,48,49). The van der Waals surface area contributed by atoms with Gasteiger partial charge in [-0.15, -0.1) is 14.7 Å². The molecule has 0 atom stereocenters. The second-order valence-corrected chi connectivity index (χ2v) is 13.9. The SMILES string of the molecule is CC(=O)c1cc(N=Nc2ccc(C=Cc3ccc(N=Nc4cc(C)c(O)c(C(=O)O)c4)cc3S(=O)(=O)O)c(S(N=O)(N=O)N=O)c2)cc(C)c1O. The van der Waals surface area contributed by atoms with Crippen LogP contribution in [0.3, 0.4) is 0 Å². The number of Topliss-reactive ketones (excluding diaryl/α,β-unsaturated/α-hetero) is 1. The lowest BCUT2D eigenvalue weighted by Gasteiger charge is -2.17. The highest BCUT2D eigenvalue weighted by Crippen LogP contribution is 2.61. The predicted octanol–water partition coefficient (Wildman–Crippen LogP) is 9.07. The fraction of sp³-hybridized carbons (Fsp3) is 0.0968. The molecule has 0 saturated heterocycles. The molecule has 0 fully saturated rings. The van der Waals surface area contributed by atoms with Crippen molar-refractivity contribution >= 4 is 67.4 Å². The molecule has 0 aliphatic carbocycles. The van der Waals surface area contributed by atoms with E-state index < -0.39 is 48.7 Å². The van der Waals surface area contributed by atoms with Crippen LogP contribution in [0.15, 0.2) is 105 Å². The van der Waals surface area contributed by atoms with E-state index in [9.17, 15) is 52.6 Å².